The molecule has 0 unspecified atom stereocenters. The molecule has 1 atom stereocenters. The van der Waals surface area contributed by atoms with Crippen LogP contribution in [-0.2, 0) is 0 Å². The highest BCUT2D eigenvalue weighted by Gasteiger charge is 2.36. The molecule has 0 saturated heterocycles. The summed E-state index contributed by atoms with van der Waals surface area (Å²) in [6.45, 7) is 0. The van der Waals surface area contributed by atoms with Crippen molar-refractivity contribution in [2.24, 2.45) is 0 Å². The molecule has 0 spiro atoms. The molecule has 0 bridgehead atoms. The minimum Gasteiger partial charge on any atom is -0.497 e. The lowest BCUT2D eigenvalue weighted by Crippen LogP contribution is -2.47. The van der Waals surface area contributed by atoms with Crippen LogP contribution < -0.4 is 24.9 Å². The standard InChI is InChI=1S/C26H18Cl3N3O4S/c1-35-17-12-8-16(9-13-17)22(33)31-24(26(27,28)29)36-18-10-6-15(7-11-18)14-21-23(34)32-20-5-3-2-4-19(20)30-25(32)37-21/h2-14,24H,1H3,(H,31,33)/b21-14-/t24-/m0/s1. The van der Waals surface area contributed by atoms with E-state index in [0.29, 0.717) is 26.6 Å². The number of hydrogen-bond donors (Lipinski definition) is 1. The van der Waals surface area contributed by atoms with Crippen LogP contribution in [0.1, 0.15) is 15.9 Å². The average molecular weight is 575 g/mol. The van der Waals surface area contributed by atoms with Crippen LogP contribution in [0.25, 0.3) is 22.1 Å². The normalized spacial score (nSPS) is 13.1. The number of halogens is 3. The van der Waals surface area contributed by atoms with Gasteiger partial charge in [-0.25, -0.2) is 9.38 Å². The van der Waals surface area contributed by atoms with E-state index < -0.39 is 15.9 Å². The molecule has 37 heavy (non-hydrogen) atoms. The van der Waals surface area contributed by atoms with Crippen molar-refractivity contribution in [2.45, 2.75) is 10.0 Å². The van der Waals surface area contributed by atoms with Crippen molar-refractivity contribution in [3.05, 3.63) is 98.8 Å². The maximum atomic E-state index is 13.0. The summed E-state index contributed by atoms with van der Waals surface area (Å²) in [7, 11) is 1.53. The van der Waals surface area contributed by atoms with Crippen LogP contribution in [0.2, 0.25) is 0 Å². The Hall–Kier alpha value is -3.30. The molecule has 2 heterocycles. The number of fused-ring (bicyclic) bond motifs is 3. The highest BCUT2D eigenvalue weighted by Crippen LogP contribution is 2.32. The fraction of sp³-hybridized carbons (Fsp3) is 0.115. The summed E-state index contributed by atoms with van der Waals surface area (Å²) in [5.41, 5.74) is 2.53. The van der Waals surface area contributed by atoms with Gasteiger partial charge in [0, 0.05) is 5.56 Å². The number of carbonyl (C=O) groups excluding carboxylic acids is 1. The molecule has 2 aromatic heterocycles. The average Bonchev–Trinajstić information content (AvgIpc) is 3.40. The minimum atomic E-state index is -1.95. The number of alkyl halides is 3. The lowest BCUT2D eigenvalue weighted by Gasteiger charge is -2.26. The lowest BCUT2D eigenvalue weighted by molar-refractivity contribution is 0.0833. The first kappa shape index (κ1) is 25.4. The van der Waals surface area contributed by atoms with Gasteiger partial charge in [0.2, 0.25) is 10.0 Å². The minimum absolute atomic E-state index is 0.133. The van der Waals surface area contributed by atoms with Crippen LogP contribution in [0, 0.1) is 0 Å². The number of carbonyl (C=O) groups is 1. The second-order valence-electron chi connectivity index (χ2n) is 7.94. The maximum absolute atomic E-state index is 13.0. The van der Waals surface area contributed by atoms with Gasteiger partial charge < -0.3 is 14.8 Å². The molecule has 7 nitrogen and oxygen atoms in total. The second kappa shape index (κ2) is 10.2. The third-order valence-electron chi connectivity index (χ3n) is 5.49. The van der Waals surface area contributed by atoms with Crippen molar-refractivity contribution >= 4 is 74.1 Å². The molecule has 5 rings (SSSR count). The van der Waals surface area contributed by atoms with Crippen LogP contribution in [0.3, 0.4) is 0 Å². The molecule has 11 heteroatoms. The number of ether oxygens (including phenoxy) is 2. The quantitative estimate of drug-likeness (QED) is 0.229. The van der Waals surface area contributed by atoms with Crippen molar-refractivity contribution in [1.82, 2.24) is 14.7 Å². The maximum Gasteiger partial charge on any atom is 0.274 e. The summed E-state index contributed by atoms with van der Waals surface area (Å²) < 4.78 is 11.1. The van der Waals surface area contributed by atoms with Crippen LogP contribution in [-0.4, -0.2) is 32.4 Å². The number of amides is 1. The van der Waals surface area contributed by atoms with Crippen molar-refractivity contribution in [2.75, 3.05) is 7.11 Å². The van der Waals surface area contributed by atoms with E-state index in [4.69, 9.17) is 44.3 Å². The summed E-state index contributed by atoms with van der Waals surface area (Å²) in [6, 6.07) is 20.8. The Balaban J connectivity index is 1.35. The Bertz CT molecular complexity index is 1690. The van der Waals surface area contributed by atoms with E-state index in [-0.39, 0.29) is 5.56 Å². The lowest BCUT2D eigenvalue weighted by atomic mass is 10.2. The van der Waals surface area contributed by atoms with Gasteiger partial charge in [0.1, 0.15) is 11.5 Å². The van der Waals surface area contributed by atoms with E-state index >= 15 is 0 Å². The van der Waals surface area contributed by atoms with Gasteiger partial charge in [0.15, 0.2) is 4.96 Å². The fourth-order valence-corrected chi connectivity index (χ4v) is 4.95. The predicted molar refractivity (Wildman–Crippen MR) is 147 cm³/mol. The first-order chi connectivity index (χ1) is 17.7. The third kappa shape index (κ3) is 5.38. The number of aromatic nitrogens is 2. The highest BCUT2D eigenvalue weighted by molar-refractivity contribution is 7.15. The molecule has 0 fully saturated rings. The number of thiazole rings is 1. The Kier molecular flexibility index (Phi) is 7.00. The number of methoxy groups -OCH3 is 1. The van der Waals surface area contributed by atoms with E-state index in [1.807, 2.05) is 24.3 Å². The van der Waals surface area contributed by atoms with E-state index in [1.54, 1.807) is 59.0 Å². The molecule has 0 aliphatic carbocycles. The molecule has 0 saturated carbocycles. The van der Waals surface area contributed by atoms with Crippen molar-refractivity contribution < 1.29 is 14.3 Å². The van der Waals surface area contributed by atoms with Crippen molar-refractivity contribution in [1.29, 1.82) is 0 Å². The number of nitrogens with one attached hydrogen (secondary N) is 1. The van der Waals surface area contributed by atoms with Gasteiger partial charge in [0.25, 0.3) is 11.5 Å². The monoisotopic (exact) mass is 573 g/mol. The Morgan fingerprint density at radius 1 is 1.03 bits per heavy atom. The molecule has 5 aromatic rings. The van der Waals surface area contributed by atoms with E-state index in [1.165, 1.54) is 18.4 Å². The molecule has 1 amide bonds. The molecule has 0 aliphatic heterocycles. The third-order valence-corrected chi connectivity index (χ3v) is 7.05. The van der Waals surface area contributed by atoms with Crippen LogP contribution >= 0.6 is 46.1 Å². The van der Waals surface area contributed by atoms with Crippen LogP contribution in [0.15, 0.2) is 77.6 Å². The van der Waals surface area contributed by atoms with Gasteiger partial charge in [-0.05, 0) is 60.2 Å². The van der Waals surface area contributed by atoms with E-state index in [2.05, 4.69) is 10.3 Å². The SMILES string of the molecule is COc1ccc(C(=O)N[C@@H](Oc2ccc(/C=c3\sc4nc5ccccc5n4c3=O)cc2)C(Cl)(Cl)Cl)cc1. The zero-order valence-electron chi connectivity index (χ0n) is 19.2. The zero-order valence-corrected chi connectivity index (χ0v) is 22.2. The molecule has 0 radical (unpaired) electrons. The van der Waals surface area contributed by atoms with Gasteiger partial charge in [0.05, 0.1) is 22.7 Å². The molecule has 0 aliphatic rings. The van der Waals surface area contributed by atoms with Gasteiger partial charge in [-0.15, -0.1) is 0 Å². The number of imidazole rings is 1. The van der Waals surface area contributed by atoms with Gasteiger partial charge >= 0.3 is 0 Å². The molecule has 188 valence electrons. The van der Waals surface area contributed by atoms with Crippen molar-refractivity contribution in [3.8, 4) is 11.5 Å². The summed E-state index contributed by atoms with van der Waals surface area (Å²) in [5.74, 6) is 0.483. The number of para-hydroxylation sites is 2. The van der Waals surface area contributed by atoms with E-state index in [0.717, 1.165) is 16.6 Å². The molecular formula is C26H18Cl3N3O4S. The van der Waals surface area contributed by atoms with E-state index in [9.17, 15) is 9.59 Å². The molecule has 1 N–H and O–H groups in total. The smallest absolute Gasteiger partial charge is 0.274 e. The Morgan fingerprint density at radius 3 is 2.38 bits per heavy atom. The van der Waals surface area contributed by atoms with Crippen molar-refractivity contribution in [3.63, 3.8) is 0 Å². The summed E-state index contributed by atoms with van der Waals surface area (Å²) in [4.78, 5) is 30.8. The fourth-order valence-electron chi connectivity index (χ4n) is 3.66. The van der Waals surface area contributed by atoms with Gasteiger partial charge in [-0.3, -0.25) is 9.59 Å². The largest absolute Gasteiger partial charge is 0.497 e. The Labute approximate surface area is 229 Å². The predicted octanol–water partition coefficient (Wildman–Crippen LogP) is 4.97. The number of rotatable bonds is 6. The van der Waals surface area contributed by atoms with Crippen LogP contribution in [0.5, 0.6) is 11.5 Å². The summed E-state index contributed by atoms with van der Waals surface area (Å²) in [6.07, 6.45) is 0.506. The van der Waals surface area contributed by atoms with Crippen LogP contribution in [0.4, 0.5) is 0 Å². The first-order valence-electron chi connectivity index (χ1n) is 10.9. The number of benzene rings is 3. The first-order valence-corrected chi connectivity index (χ1v) is 12.9. The second-order valence-corrected chi connectivity index (χ2v) is 11.3. The van der Waals surface area contributed by atoms with Gasteiger partial charge in [-0.1, -0.05) is 70.4 Å². The molecular weight excluding hydrogens is 557 g/mol. The Morgan fingerprint density at radius 2 is 1.70 bits per heavy atom. The summed E-state index contributed by atoms with van der Waals surface area (Å²) in [5, 5.41) is 2.59. The highest BCUT2D eigenvalue weighted by atomic mass is 35.6. The number of nitrogens with zero attached hydrogens (tertiary/aromatic N) is 2. The molecule has 3 aromatic carbocycles. The van der Waals surface area contributed by atoms with Gasteiger partial charge in [-0.2, -0.15) is 0 Å². The topological polar surface area (TPSA) is 81.9 Å². The number of hydrogen-bond acceptors (Lipinski definition) is 6. The zero-order chi connectivity index (χ0) is 26.2. The summed E-state index contributed by atoms with van der Waals surface area (Å²) >= 11 is 19.5.